The molecule has 8 heteroatoms. The van der Waals surface area contributed by atoms with E-state index in [0.29, 0.717) is 13.0 Å². The molecule has 1 aromatic heterocycles. The maximum Gasteiger partial charge on any atom is 0.243 e. The molecule has 1 heterocycles. The number of hydrogen-bond donors (Lipinski definition) is 2. The van der Waals surface area contributed by atoms with E-state index < -0.39 is 23.5 Å². The minimum absolute atomic E-state index is 0.0669. The first-order valence-electron chi connectivity index (χ1n) is 11.8. The summed E-state index contributed by atoms with van der Waals surface area (Å²) in [6, 6.07) is 3.65. The summed E-state index contributed by atoms with van der Waals surface area (Å²) >= 11 is -2.09. The molecule has 2 rings (SSSR count). The van der Waals surface area contributed by atoms with Crippen LogP contribution < -0.4 is 5.32 Å². The Morgan fingerprint density at radius 2 is 2.06 bits per heavy atom. The van der Waals surface area contributed by atoms with Crippen molar-refractivity contribution in [2.45, 2.75) is 89.1 Å². The van der Waals surface area contributed by atoms with Gasteiger partial charge in [-0.1, -0.05) is 44.6 Å². The quantitative estimate of drug-likeness (QED) is 0.228. The number of hydrogen-bond acceptors (Lipinski definition) is 3. The van der Waals surface area contributed by atoms with Crippen molar-refractivity contribution in [3.8, 4) is 0 Å². The molecule has 2 atom stereocenters. The monoisotopic (exact) mass is 467 g/mol. The van der Waals surface area contributed by atoms with Crippen molar-refractivity contribution >= 4 is 23.2 Å². The number of unbranched alkanes of at least 4 members (excludes halogenated alkanes) is 3. The van der Waals surface area contributed by atoms with Crippen LogP contribution in [0, 0.1) is 0 Å². The van der Waals surface area contributed by atoms with E-state index in [1.54, 1.807) is 22.8 Å². The molecule has 180 valence electrons. The summed E-state index contributed by atoms with van der Waals surface area (Å²) in [7, 11) is 0. The topological polar surface area (TPSA) is 82.5 Å². The van der Waals surface area contributed by atoms with Crippen LogP contribution in [-0.2, 0) is 16.1 Å². The first-order valence-corrected chi connectivity index (χ1v) is 12.9. The third kappa shape index (κ3) is 8.71. The summed E-state index contributed by atoms with van der Waals surface area (Å²) < 4.78 is 37.1. The molecule has 1 fully saturated rings. The van der Waals surface area contributed by atoms with Crippen LogP contribution in [-0.4, -0.2) is 48.8 Å². The summed E-state index contributed by atoms with van der Waals surface area (Å²) in [6.45, 7) is 2.15. The largest absolute Gasteiger partial charge is 0.353 e. The minimum Gasteiger partial charge on any atom is -0.353 e. The smallest absolute Gasteiger partial charge is 0.243 e. The molecule has 32 heavy (non-hydrogen) atoms. The molecular weight excluding hydrogens is 429 g/mol. The highest BCUT2D eigenvalue weighted by atomic mass is 32.2. The number of carbonyl (C=O) groups excluding carboxylic acids is 1. The molecule has 2 unspecified atom stereocenters. The van der Waals surface area contributed by atoms with Gasteiger partial charge in [-0.05, 0) is 56.7 Å². The molecule has 1 aromatic rings. The Kier molecular flexibility index (Phi) is 12.1. The van der Waals surface area contributed by atoms with Gasteiger partial charge in [-0.15, -0.1) is 0 Å². The van der Waals surface area contributed by atoms with Crippen LogP contribution in [0.15, 0.2) is 30.6 Å². The first-order chi connectivity index (χ1) is 15.5. The number of halogens is 1. The van der Waals surface area contributed by atoms with Gasteiger partial charge in [0, 0.05) is 36.6 Å². The highest BCUT2D eigenvalue weighted by molar-refractivity contribution is 7.76. The third-order valence-corrected chi connectivity index (χ3v) is 7.42. The molecule has 0 spiro atoms. The van der Waals surface area contributed by atoms with E-state index in [2.05, 4.69) is 10.3 Å². The van der Waals surface area contributed by atoms with E-state index >= 15 is 0 Å². The molecule has 0 radical (unpaired) electrons. The number of rotatable bonds is 14. The van der Waals surface area contributed by atoms with Crippen LogP contribution in [0.5, 0.6) is 0 Å². The van der Waals surface area contributed by atoms with Crippen LogP contribution in [0.3, 0.4) is 0 Å². The predicted octanol–water partition coefficient (Wildman–Crippen LogP) is 5.05. The van der Waals surface area contributed by atoms with Crippen molar-refractivity contribution in [1.29, 1.82) is 0 Å². The minimum atomic E-state index is -2.09. The molecule has 1 saturated carbocycles. The van der Waals surface area contributed by atoms with Gasteiger partial charge in [0.05, 0.1) is 6.67 Å². The molecule has 0 aliphatic heterocycles. The van der Waals surface area contributed by atoms with E-state index in [0.717, 1.165) is 69.8 Å². The summed E-state index contributed by atoms with van der Waals surface area (Å²) in [4.78, 5) is 15.9. The lowest BCUT2D eigenvalue weighted by atomic mass is 9.78. The number of alkyl halides is 1. The summed E-state index contributed by atoms with van der Waals surface area (Å²) in [5.74, 6) is -0.116. The first kappa shape index (κ1) is 26.6. The van der Waals surface area contributed by atoms with Gasteiger partial charge >= 0.3 is 0 Å². The predicted molar refractivity (Wildman–Crippen MR) is 128 cm³/mol. The zero-order chi connectivity index (χ0) is 23.2. The van der Waals surface area contributed by atoms with Gasteiger partial charge < -0.3 is 5.32 Å². The fourth-order valence-corrected chi connectivity index (χ4v) is 5.72. The molecule has 1 aliphatic rings. The van der Waals surface area contributed by atoms with Gasteiger partial charge in [0.2, 0.25) is 17.2 Å². The second kappa shape index (κ2) is 14.5. The van der Waals surface area contributed by atoms with E-state index in [1.165, 1.54) is 6.08 Å². The zero-order valence-electron chi connectivity index (χ0n) is 19.2. The van der Waals surface area contributed by atoms with Gasteiger partial charge in [-0.3, -0.25) is 18.7 Å². The van der Waals surface area contributed by atoms with Crippen molar-refractivity contribution < 1.29 is 17.9 Å². The van der Waals surface area contributed by atoms with Gasteiger partial charge in [0.25, 0.3) is 0 Å². The maximum atomic E-state index is 13.3. The van der Waals surface area contributed by atoms with Gasteiger partial charge in [0.1, 0.15) is 0 Å². The maximum absolute atomic E-state index is 13.3. The molecule has 0 saturated heterocycles. The normalized spacial score (nSPS) is 18.0. The number of nitrogens with one attached hydrogen (secondary N) is 1. The van der Waals surface area contributed by atoms with Crippen molar-refractivity contribution in [2.24, 2.45) is 0 Å². The van der Waals surface area contributed by atoms with E-state index in [4.69, 9.17) is 0 Å². The number of aromatic nitrogens is 1. The Hall–Kier alpha value is -1.64. The molecule has 1 amide bonds. The fourth-order valence-electron chi connectivity index (χ4n) is 4.71. The average molecular weight is 468 g/mol. The van der Waals surface area contributed by atoms with Crippen LogP contribution in [0.4, 0.5) is 4.39 Å². The highest BCUT2D eigenvalue weighted by Crippen LogP contribution is 2.39. The Morgan fingerprint density at radius 3 is 2.72 bits per heavy atom. The lowest BCUT2D eigenvalue weighted by Gasteiger charge is -2.46. The van der Waals surface area contributed by atoms with Gasteiger partial charge in [0.15, 0.2) is 0 Å². The number of carbonyl (C=O) groups is 1. The summed E-state index contributed by atoms with van der Waals surface area (Å²) in [6.07, 6.45) is 16.3. The fraction of sp³-hybridized carbons (Fsp3) is 0.667. The SMILES string of the molecule is CC(CCCCCCNC(=O)/C=C/c1cccnc1)N(S(=O)O)C1(CCF)CCCCC1. The third-order valence-electron chi connectivity index (χ3n) is 6.34. The van der Waals surface area contributed by atoms with E-state index in [-0.39, 0.29) is 11.9 Å². The lowest BCUT2D eigenvalue weighted by Crippen LogP contribution is -2.54. The summed E-state index contributed by atoms with van der Waals surface area (Å²) in [5, 5.41) is 2.88. The van der Waals surface area contributed by atoms with Crippen LogP contribution in [0.2, 0.25) is 0 Å². The highest BCUT2D eigenvalue weighted by Gasteiger charge is 2.42. The molecule has 0 aromatic carbocycles. The van der Waals surface area contributed by atoms with Crippen LogP contribution in [0.25, 0.3) is 6.08 Å². The van der Waals surface area contributed by atoms with Crippen molar-refractivity contribution in [3.05, 3.63) is 36.2 Å². The molecule has 6 nitrogen and oxygen atoms in total. The summed E-state index contributed by atoms with van der Waals surface area (Å²) in [5.41, 5.74) is 0.399. The van der Waals surface area contributed by atoms with Crippen LogP contribution in [0.1, 0.15) is 83.1 Å². The second-order valence-corrected chi connectivity index (χ2v) is 9.60. The average Bonchev–Trinajstić information content (AvgIpc) is 2.78. The zero-order valence-corrected chi connectivity index (χ0v) is 20.0. The molecule has 2 N–H and O–H groups in total. The van der Waals surface area contributed by atoms with Gasteiger partial charge in [-0.2, -0.15) is 4.31 Å². The van der Waals surface area contributed by atoms with E-state index in [1.807, 2.05) is 19.1 Å². The Labute approximate surface area is 194 Å². The van der Waals surface area contributed by atoms with Crippen molar-refractivity contribution in [1.82, 2.24) is 14.6 Å². The Morgan fingerprint density at radius 1 is 1.31 bits per heavy atom. The number of nitrogens with zero attached hydrogens (tertiary/aromatic N) is 2. The van der Waals surface area contributed by atoms with Crippen molar-refractivity contribution in [3.63, 3.8) is 0 Å². The second-order valence-electron chi connectivity index (χ2n) is 8.74. The molecule has 0 bridgehead atoms. The number of amides is 1. The standard InChI is InChI=1S/C24H38FN3O3S/c1-21(28(32(30)31)24(16-17-25)14-6-4-7-15-24)10-5-2-3-8-19-27-23(29)13-12-22-11-9-18-26-20-22/h9,11-13,18,20-21H,2-8,10,14-17,19H2,1H3,(H,27,29)(H,30,31)/b13-12+. The Bertz CT molecular complexity index is 721. The lowest BCUT2D eigenvalue weighted by molar-refractivity contribution is -0.116. The Balaban J connectivity index is 1.67. The molecule has 1 aliphatic carbocycles. The molecular formula is C24H38FN3O3S. The van der Waals surface area contributed by atoms with Gasteiger partial charge in [-0.25, -0.2) is 4.21 Å². The van der Waals surface area contributed by atoms with Crippen molar-refractivity contribution in [2.75, 3.05) is 13.2 Å². The van der Waals surface area contributed by atoms with E-state index in [9.17, 15) is 17.9 Å². The van der Waals surface area contributed by atoms with Crippen LogP contribution >= 0.6 is 0 Å². The number of pyridine rings is 1.